The van der Waals surface area contributed by atoms with Gasteiger partial charge in [-0.3, -0.25) is 4.57 Å². The van der Waals surface area contributed by atoms with Gasteiger partial charge >= 0.3 is 5.51 Å². The number of nitrogen functional groups attached to an aromatic ring is 1. The Morgan fingerprint density at radius 1 is 1.14 bits per heavy atom. The molecule has 37 heavy (non-hydrogen) atoms. The Morgan fingerprint density at radius 2 is 1.84 bits per heavy atom. The van der Waals surface area contributed by atoms with Crippen molar-refractivity contribution in [2.24, 2.45) is 0 Å². The number of hydrogen-bond acceptors (Lipinski definition) is 6. The van der Waals surface area contributed by atoms with Gasteiger partial charge in [-0.15, -0.1) is 0 Å². The second-order valence-electron chi connectivity index (χ2n) is 8.38. The Kier molecular flexibility index (Phi) is 7.40. The van der Waals surface area contributed by atoms with E-state index in [9.17, 15) is 13.2 Å². The lowest BCUT2D eigenvalue weighted by Gasteiger charge is -2.15. The van der Waals surface area contributed by atoms with E-state index < -0.39 is 5.51 Å². The maximum absolute atomic E-state index is 12.5. The molecule has 0 aliphatic heterocycles. The van der Waals surface area contributed by atoms with Gasteiger partial charge in [-0.05, 0) is 71.3 Å². The van der Waals surface area contributed by atoms with Gasteiger partial charge in [0.25, 0.3) is 0 Å². The number of fused-ring (bicyclic) bond motifs is 1. The van der Waals surface area contributed by atoms with Crippen molar-refractivity contribution >= 4 is 46.2 Å². The van der Waals surface area contributed by atoms with Crippen molar-refractivity contribution in [3.63, 3.8) is 0 Å². The van der Waals surface area contributed by atoms with Crippen LogP contribution in [0, 0.1) is 5.41 Å². The molecule has 0 fully saturated rings. The number of ether oxygens (including phenoxy) is 1. The zero-order valence-electron chi connectivity index (χ0n) is 20.0. The molecule has 2 aromatic heterocycles. The lowest BCUT2D eigenvalue weighted by Crippen LogP contribution is -2.06. The maximum Gasteiger partial charge on any atom is 0.446 e. The van der Waals surface area contributed by atoms with Gasteiger partial charge in [0.15, 0.2) is 5.65 Å². The molecule has 0 aliphatic rings. The largest absolute Gasteiger partial charge is 0.488 e. The van der Waals surface area contributed by atoms with Gasteiger partial charge in [0.05, 0.1) is 6.54 Å². The van der Waals surface area contributed by atoms with E-state index in [0.29, 0.717) is 40.5 Å². The number of benzene rings is 2. The zero-order chi connectivity index (χ0) is 26.7. The van der Waals surface area contributed by atoms with E-state index in [-0.39, 0.29) is 23.3 Å². The lowest BCUT2D eigenvalue weighted by atomic mass is 10.0. The molecule has 0 saturated heterocycles. The third-order valence-electron chi connectivity index (χ3n) is 5.56. The number of aromatic nitrogens is 3. The van der Waals surface area contributed by atoms with Crippen LogP contribution in [-0.4, -0.2) is 26.3 Å². The van der Waals surface area contributed by atoms with E-state index in [1.54, 1.807) is 29.0 Å². The van der Waals surface area contributed by atoms with Crippen LogP contribution in [0.3, 0.4) is 0 Å². The number of imidazole rings is 1. The van der Waals surface area contributed by atoms with E-state index in [0.717, 1.165) is 28.5 Å². The van der Waals surface area contributed by atoms with Crippen molar-refractivity contribution < 1.29 is 17.9 Å². The van der Waals surface area contributed by atoms with Crippen LogP contribution in [0.2, 0.25) is 0 Å². The molecule has 2 heterocycles. The summed E-state index contributed by atoms with van der Waals surface area (Å²) in [5.74, 6) is 0.922. The summed E-state index contributed by atoms with van der Waals surface area (Å²) < 4.78 is 45.4. The van der Waals surface area contributed by atoms with Crippen LogP contribution >= 0.6 is 11.8 Å². The first-order valence-corrected chi connectivity index (χ1v) is 11.9. The number of anilines is 1. The number of nitrogens with two attached hydrogens (primary N) is 1. The number of rotatable bonds is 9. The van der Waals surface area contributed by atoms with Gasteiger partial charge in [-0.1, -0.05) is 31.4 Å². The molecule has 0 unspecified atom stereocenters. The smallest absolute Gasteiger partial charge is 0.446 e. The third kappa shape index (κ3) is 6.21. The van der Waals surface area contributed by atoms with Gasteiger partial charge in [-0.25, -0.2) is 9.97 Å². The summed E-state index contributed by atoms with van der Waals surface area (Å²) in [6.45, 7) is 10.4. The van der Waals surface area contributed by atoms with Gasteiger partial charge in [0.1, 0.15) is 17.9 Å². The lowest BCUT2D eigenvalue weighted by molar-refractivity contribution is -0.0328. The number of alkyl halides is 3. The van der Waals surface area contributed by atoms with Crippen molar-refractivity contribution in [3.05, 3.63) is 90.1 Å². The molecule has 2 aromatic carbocycles. The van der Waals surface area contributed by atoms with E-state index in [1.807, 2.05) is 25.1 Å². The van der Waals surface area contributed by atoms with Gasteiger partial charge < -0.3 is 15.9 Å². The molecule has 0 radical (unpaired) electrons. The second kappa shape index (κ2) is 10.5. The number of hydrogen-bond donors (Lipinski definition) is 2. The number of nitrogens with one attached hydrogen (secondary N) is 1. The minimum atomic E-state index is -4.32. The Morgan fingerprint density at radius 3 is 2.49 bits per heavy atom. The quantitative estimate of drug-likeness (QED) is 0.183. The number of pyridine rings is 1. The number of nitrogens with zero attached hydrogens (tertiary/aromatic N) is 3. The second-order valence-corrected chi connectivity index (χ2v) is 9.52. The Labute approximate surface area is 216 Å². The molecule has 0 saturated carbocycles. The molecule has 4 aromatic rings. The Balaban J connectivity index is 1.52. The van der Waals surface area contributed by atoms with Crippen LogP contribution in [0.5, 0.6) is 5.75 Å². The number of allylic oxidation sites excluding steroid dienone is 2. The SMILES string of the molecule is C=C(C=N)c1cnc2c(c1)nc(N)n2Cc1ccc(OCc2ccc(SC(F)(F)F)cc2)c(C(=C)C)c1. The molecular weight excluding hydrogens is 499 g/mol. The van der Waals surface area contributed by atoms with Crippen LogP contribution in [0.1, 0.15) is 29.2 Å². The van der Waals surface area contributed by atoms with Gasteiger partial charge in [0, 0.05) is 28.4 Å². The van der Waals surface area contributed by atoms with Crippen molar-refractivity contribution in [1.29, 1.82) is 5.41 Å². The monoisotopic (exact) mass is 523 g/mol. The van der Waals surface area contributed by atoms with Crippen LogP contribution < -0.4 is 10.5 Å². The molecular formula is C27H24F3N5OS. The molecule has 0 spiro atoms. The third-order valence-corrected chi connectivity index (χ3v) is 6.29. The molecule has 0 bridgehead atoms. The fourth-order valence-electron chi connectivity index (χ4n) is 3.71. The molecule has 4 rings (SSSR count). The summed E-state index contributed by atoms with van der Waals surface area (Å²) in [5, 5.41) is 7.38. The summed E-state index contributed by atoms with van der Waals surface area (Å²) in [6, 6.07) is 13.6. The molecule has 190 valence electrons. The molecule has 0 aliphatic carbocycles. The number of halogens is 3. The van der Waals surface area contributed by atoms with Crippen molar-refractivity contribution in [3.8, 4) is 5.75 Å². The highest BCUT2D eigenvalue weighted by Gasteiger charge is 2.29. The average molecular weight is 524 g/mol. The first-order chi connectivity index (χ1) is 17.5. The predicted molar refractivity (Wildman–Crippen MR) is 143 cm³/mol. The van der Waals surface area contributed by atoms with Crippen molar-refractivity contribution in [1.82, 2.24) is 14.5 Å². The topological polar surface area (TPSA) is 89.8 Å². The highest BCUT2D eigenvalue weighted by Crippen LogP contribution is 2.37. The summed E-state index contributed by atoms with van der Waals surface area (Å²) in [4.78, 5) is 9.01. The molecule has 6 nitrogen and oxygen atoms in total. The average Bonchev–Trinajstić information content (AvgIpc) is 3.16. The predicted octanol–water partition coefficient (Wildman–Crippen LogP) is 6.95. The standard InChI is InChI=1S/C27H24F3N5OS/c1-16(2)22-10-19(14-35-25-23(34-26(35)32)11-20(13-33-25)17(3)12-31)6-9-24(22)36-15-18-4-7-21(8-5-18)37-27(28,29)30/h4-13,31H,1,3,14-15H2,2H3,(H2,32,34). The van der Waals surface area contributed by atoms with E-state index in [1.165, 1.54) is 12.1 Å². The first-order valence-electron chi connectivity index (χ1n) is 11.1. The normalized spacial score (nSPS) is 11.5. The fraction of sp³-hybridized carbons (Fsp3) is 0.148. The molecule has 0 amide bonds. The summed E-state index contributed by atoms with van der Waals surface area (Å²) in [5.41, 5.74) is 7.60. The highest BCUT2D eigenvalue weighted by atomic mass is 32.2. The summed E-state index contributed by atoms with van der Waals surface area (Å²) in [6.07, 6.45) is 2.80. The maximum atomic E-state index is 12.5. The minimum absolute atomic E-state index is 0.125. The summed E-state index contributed by atoms with van der Waals surface area (Å²) in [7, 11) is 0. The van der Waals surface area contributed by atoms with Crippen LogP contribution in [0.15, 0.2) is 72.8 Å². The Bertz CT molecular complexity index is 1490. The van der Waals surface area contributed by atoms with Crippen LogP contribution in [-0.2, 0) is 13.2 Å². The highest BCUT2D eigenvalue weighted by molar-refractivity contribution is 8.00. The fourth-order valence-corrected chi connectivity index (χ4v) is 4.25. The first kappa shape index (κ1) is 26.0. The van der Waals surface area contributed by atoms with Crippen LogP contribution in [0.25, 0.3) is 22.3 Å². The number of thioether (sulfide) groups is 1. The zero-order valence-corrected chi connectivity index (χ0v) is 20.8. The van der Waals surface area contributed by atoms with Gasteiger partial charge in [-0.2, -0.15) is 13.2 Å². The molecule has 3 N–H and O–H groups in total. The van der Waals surface area contributed by atoms with Crippen LogP contribution in [0.4, 0.5) is 19.1 Å². The van der Waals surface area contributed by atoms with Crippen molar-refractivity contribution in [2.75, 3.05) is 5.73 Å². The Hall–Kier alpha value is -4.05. The summed E-state index contributed by atoms with van der Waals surface area (Å²) >= 11 is -0.147. The van der Waals surface area contributed by atoms with E-state index >= 15 is 0 Å². The molecule has 10 heteroatoms. The van der Waals surface area contributed by atoms with Gasteiger partial charge in [0.2, 0.25) is 5.95 Å². The molecule has 0 atom stereocenters. The van der Waals surface area contributed by atoms with E-state index in [2.05, 4.69) is 23.1 Å². The van der Waals surface area contributed by atoms with Crippen molar-refractivity contribution in [2.45, 2.75) is 30.5 Å². The van der Waals surface area contributed by atoms with E-state index in [4.69, 9.17) is 15.9 Å². The minimum Gasteiger partial charge on any atom is -0.488 e.